The van der Waals surface area contributed by atoms with Crippen LogP contribution in [0.4, 0.5) is 0 Å². The van der Waals surface area contributed by atoms with Crippen molar-refractivity contribution < 1.29 is 0 Å². The molecule has 1 aromatic heterocycles. The van der Waals surface area contributed by atoms with Crippen LogP contribution in [0.15, 0.2) is 76.3 Å². The molecule has 0 fully saturated rings. The van der Waals surface area contributed by atoms with Crippen molar-refractivity contribution in [2.24, 2.45) is 0 Å². The third-order valence-corrected chi connectivity index (χ3v) is 4.78. The Morgan fingerprint density at radius 2 is 1.63 bits per heavy atom. The monoisotopic (exact) mass is 282 g/mol. The Hall–Kier alpha value is -1.51. The summed E-state index contributed by atoms with van der Waals surface area (Å²) in [5, 5.41) is 4.34. The zero-order valence-corrected chi connectivity index (χ0v) is 12.1. The van der Waals surface area contributed by atoms with Crippen LogP contribution in [0.5, 0.6) is 0 Å². The molecule has 0 aliphatic heterocycles. The normalized spacial score (nSPS) is 10.5. The molecule has 0 N–H and O–H groups in total. The van der Waals surface area contributed by atoms with Gasteiger partial charge in [0.15, 0.2) is 0 Å². The van der Waals surface area contributed by atoms with Gasteiger partial charge in [-0.2, -0.15) is 11.3 Å². The molecule has 0 radical (unpaired) electrons. The Morgan fingerprint density at radius 1 is 0.842 bits per heavy atom. The van der Waals surface area contributed by atoms with E-state index in [2.05, 4.69) is 71.4 Å². The SMILES string of the molecule is c1ccc(CSc2ccccc2-c2ccsc2)cc1. The van der Waals surface area contributed by atoms with E-state index in [1.807, 2.05) is 11.8 Å². The van der Waals surface area contributed by atoms with Crippen molar-refractivity contribution in [3.63, 3.8) is 0 Å². The summed E-state index contributed by atoms with van der Waals surface area (Å²) in [7, 11) is 0. The highest BCUT2D eigenvalue weighted by Gasteiger charge is 2.05. The van der Waals surface area contributed by atoms with E-state index in [-0.39, 0.29) is 0 Å². The maximum absolute atomic E-state index is 2.21. The van der Waals surface area contributed by atoms with Crippen LogP contribution in [0, 0.1) is 0 Å². The number of hydrogen-bond acceptors (Lipinski definition) is 2. The molecule has 0 unspecified atom stereocenters. The van der Waals surface area contributed by atoms with Crippen molar-refractivity contribution in [3.8, 4) is 11.1 Å². The predicted molar refractivity (Wildman–Crippen MR) is 85.8 cm³/mol. The second-order valence-electron chi connectivity index (χ2n) is 4.28. The van der Waals surface area contributed by atoms with Crippen molar-refractivity contribution in [1.29, 1.82) is 0 Å². The van der Waals surface area contributed by atoms with Gasteiger partial charge in [0.25, 0.3) is 0 Å². The highest BCUT2D eigenvalue weighted by Crippen LogP contribution is 2.34. The van der Waals surface area contributed by atoms with Gasteiger partial charge in [-0.05, 0) is 39.6 Å². The lowest BCUT2D eigenvalue weighted by atomic mass is 10.1. The van der Waals surface area contributed by atoms with Gasteiger partial charge in [-0.3, -0.25) is 0 Å². The van der Waals surface area contributed by atoms with Gasteiger partial charge in [0.1, 0.15) is 0 Å². The molecule has 0 aliphatic carbocycles. The molecule has 2 heteroatoms. The fraction of sp³-hybridized carbons (Fsp3) is 0.0588. The maximum atomic E-state index is 2.21. The number of rotatable bonds is 4. The lowest BCUT2D eigenvalue weighted by Crippen LogP contribution is -1.83. The minimum absolute atomic E-state index is 1.02. The molecule has 0 spiro atoms. The average molecular weight is 282 g/mol. The molecule has 0 amide bonds. The topological polar surface area (TPSA) is 0 Å². The Morgan fingerprint density at radius 3 is 2.42 bits per heavy atom. The molecular formula is C17H14S2. The van der Waals surface area contributed by atoms with E-state index in [4.69, 9.17) is 0 Å². The summed E-state index contributed by atoms with van der Waals surface area (Å²) in [5.41, 5.74) is 4.03. The van der Waals surface area contributed by atoms with Crippen LogP contribution < -0.4 is 0 Å². The van der Waals surface area contributed by atoms with E-state index in [9.17, 15) is 0 Å². The number of thioether (sulfide) groups is 1. The first-order valence-electron chi connectivity index (χ1n) is 6.22. The van der Waals surface area contributed by atoms with Crippen LogP contribution in [0.3, 0.4) is 0 Å². The minimum Gasteiger partial charge on any atom is -0.152 e. The first-order chi connectivity index (χ1) is 9.43. The third-order valence-electron chi connectivity index (χ3n) is 2.96. The van der Waals surface area contributed by atoms with Crippen molar-refractivity contribution in [1.82, 2.24) is 0 Å². The molecule has 19 heavy (non-hydrogen) atoms. The summed E-state index contributed by atoms with van der Waals surface area (Å²) < 4.78 is 0. The molecule has 0 saturated carbocycles. The van der Waals surface area contributed by atoms with Crippen LogP contribution in [0.2, 0.25) is 0 Å². The highest BCUT2D eigenvalue weighted by atomic mass is 32.2. The van der Waals surface area contributed by atoms with Crippen LogP contribution >= 0.6 is 23.1 Å². The van der Waals surface area contributed by atoms with E-state index in [1.165, 1.54) is 21.6 Å². The average Bonchev–Trinajstić information content (AvgIpc) is 3.01. The summed E-state index contributed by atoms with van der Waals surface area (Å²) in [6.07, 6.45) is 0. The Labute approximate surface area is 122 Å². The minimum atomic E-state index is 1.02. The van der Waals surface area contributed by atoms with Crippen LogP contribution in [-0.2, 0) is 5.75 Å². The van der Waals surface area contributed by atoms with Crippen molar-refractivity contribution in [3.05, 3.63) is 77.0 Å². The van der Waals surface area contributed by atoms with Gasteiger partial charge >= 0.3 is 0 Å². The fourth-order valence-corrected chi connectivity index (χ4v) is 3.67. The zero-order valence-electron chi connectivity index (χ0n) is 10.5. The smallest absolute Gasteiger partial charge is 0.0232 e. The van der Waals surface area contributed by atoms with E-state index in [0.717, 1.165) is 5.75 Å². The van der Waals surface area contributed by atoms with Crippen LogP contribution in [-0.4, -0.2) is 0 Å². The Kier molecular flexibility index (Phi) is 4.01. The van der Waals surface area contributed by atoms with E-state index in [1.54, 1.807) is 11.3 Å². The van der Waals surface area contributed by atoms with Crippen molar-refractivity contribution in [2.45, 2.75) is 10.6 Å². The molecule has 3 rings (SSSR count). The highest BCUT2D eigenvalue weighted by molar-refractivity contribution is 7.98. The quantitative estimate of drug-likeness (QED) is 0.552. The molecule has 2 aromatic carbocycles. The van der Waals surface area contributed by atoms with Gasteiger partial charge in [-0.1, -0.05) is 48.5 Å². The Bertz CT molecular complexity index is 627. The first-order valence-corrected chi connectivity index (χ1v) is 8.14. The molecule has 3 aromatic rings. The van der Waals surface area contributed by atoms with Gasteiger partial charge in [0, 0.05) is 10.6 Å². The predicted octanol–water partition coefficient (Wildman–Crippen LogP) is 5.71. The third kappa shape index (κ3) is 3.09. The number of thiophene rings is 1. The lowest BCUT2D eigenvalue weighted by molar-refractivity contribution is 1.38. The molecule has 0 nitrogen and oxygen atoms in total. The van der Waals surface area contributed by atoms with E-state index >= 15 is 0 Å². The van der Waals surface area contributed by atoms with Crippen LogP contribution in [0.1, 0.15) is 5.56 Å². The molecule has 0 atom stereocenters. The molecule has 0 aliphatic rings. The zero-order chi connectivity index (χ0) is 12.9. The summed E-state index contributed by atoms with van der Waals surface area (Å²) in [6.45, 7) is 0. The van der Waals surface area contributed by atoms with Crippen LogP contribution in [0.25, 0.3) is 11.1 Å². The van der Waals surface area contributed by atoms with Crippen molar-refractivity contribution in [2.75, 3.05) is 0 Å². The largest absolute Gasteiger partial charge is 0.152 e. The summed E-state index contributed by atoms with van der Waals surface area (Å²) >= 11 is 3.65. The second kappa shape index (κ2) is 6.09. The van der Waals surface area contributed by atoms with Gasteiger partial charge in [-0.25, -0.2) is 0 Å². The molecular weight excluding hydrogens is 268 g/mol. The summed E-state index contributed by atoms with van der Waals surface area (Å²) in [6, 6.07) is 21.4. The fourth-order valence-electron chi connectivity index (χ4n) is 1.98. The lowest BCUT2D eigenvalue weighted by Gasteiger charge is -2.07. The van der Waals surface area contributed by atoms with Gasteiger partial charge in [0.2, 0.25) is 0 Å². The van der Waals surface area contributed by atoms with Gasteiger partial charge < -0.3 is 0 Å². The standard InChI is InChI=1S/C17H14S2/c1-2-6-14(7-3-1)12-19-17-9-5-4-8-16(17)15-10-11-18-13-15/h1-11,13H,12H2. The maximum Gasteiger partial charge on any atom is 0.0232 e. The molecule has 0 bridgehead atoms. The first kappa shape index (κ1) is 12.5. The molecule has 94 valence electrons. The number of hydrogen-bond donors (Lipinski definition) is 0. The van der Waals surface area contributed by atoms with E-state index < -0.39 is 0 Å². The summed E-state index contributed by atoms with van der Waals surface area (Å²) in [4.78, 5) is 1.35. The van der Waals surface area contributed by atoms with E-state index in [0.29, 0.717) is 0 Å². The molecule has 1 heterocycles. The molecule has 0 saturated heterocycles. The van der Waals surface area contributed by atoms with Gasteiger partial charge in [0.05, 0.1) is 0 Å². The second-order valence-corrected chi connectivity index (χ2v) is 6.08. The van der Waals surface area contributed by atoms with Crippen molar-refractivity contribution >= 4 is 23.1 Å². The van der Waals surface area contributed by atoms with Gasteiger partial charge in [-0.15, -0.1) is 11.8 Å². The number of benzene rings is 2. The Balaban J connectivity index is 1.82. The summed E-state index contributed by atoms with van der Waals surface area (Å²) in [5.74, 6) is 1.02.